The number of piperazine rings is 1. The predicted octanol–water partition coefficient (Wildman–Crippen LogP) is 3.87. The fourth-order valence-corrected chi connectivity index (χ4v) is 5.06. The largest absolute Gasteiger partial charge is 0.340 e. The van der Waals surface area contributed by atoms with Gasteiger partial charge in [-0.1, -0.05) is 18.9 Å². The van der Waals surface area contributed by atoms with Gasteiger partial charge in [-0.25, -0.2) is 9.37 Å². The van der Waals surface area contributed by atoms with Crippen LogP contribution in [-0.2, 0) is 11.3 Å². The van der Waals surface area contributed by atoms with Crippen LogP contribution < -0.4 is 5.32 Å². The first-order chi connectivity index (χ1) is 16.5. The highest BCUT2D eigenvalue weighted by molar-refractivity contribution is 6.03. The van der Waals surface area contributed by atoms with Crippen molar-refractivity contribution in [3.63, 3.8) is 0 Å². The molecule has 34 heavy (non-hydrogen) atoms. The average molecular weight is 464 g/mol. The average Bonchev–Trinajstić information content (AvgIpc) is 3.52. The van der Waals surface area contributed by atoms with Crippen molar-refractivity contribution in [2.75, 3.05) is 31.5 Å². The van der Waals surface area contributed by atoms with Crippen LogP contribution in [0.4, 0.5) is 10.1 Å². The number of halogens is 1. The van der Waals surface area contributed by atoms with Gasteiger partial charge in [0.25, 0.3) is 5.91 Å². The number of benzene rings is 1. The Morgan fingerprint density at radius 3 is 2.62 bits per heavy atom. The topological polar surface area (TPSA) is 70.0 Å². The lowest BCUT2D eigenvalue weighted by Gasteiger charge is -2.36. The van der Waals surface area contributed by atoms with Crippen LogP contribution in [0, 0.1) is 18.7 Å². The zero-order valence-corrected chi connectivity index (χ0v) is 19.5. The molecule has 3 aromatic rings. The molecule has 2 aliphatic rings. The maximum atomic E-state index is 14.5. The molecule has 1 aliphatic carbocycles. The quantitative estimate of drug-likeness (QED) is 0.624. The molecule has 1 aromatic carbocycles. The number of rotatable bonds is 5. The molecule has 0 atom stereocenters. The number of carbonyl (C=O) groups is 2. The van der Waals surface area contributed by atoms with Gasteiger partial charge in [-0.3, -0.25) is 14.5 Å². The lowest BCUT2D eigenvalue weighted by molar-refractivity contribution is -0.137. The third kappa shape index (κ3) is 4.68. The zero-order valence-electron chi connectivity index (χ0n) is 19.5. The minimum atomic E-state index is -0.388. The van der Waals surface area contributed by atoms with Crippen LogP contribution in [0.5, 0.6) is 0 Å². The summed E-state index contributed by atoms with van der Waals surface area (Å²) in [6.07, 6.45) is 7.84. The number of anilines is 1. The van der Waals surface area contributed by atoms with Crippen LogP contribution in [0.15, 0.2) is 42.7 Å². The van der Waals surface area contributed by atoms with Crippen LogP contribution in [-0.4, -0.2) is 57.2 Å². The first-order valence-corrected chi connectivity index (χ1v) is 12.0. The van der Waals surface area contributed by atoms with Gasteiger partial charge in [0.15, 0.2) is 0 Å². The Labute approximate surface area is 198 Å². The number of hydrogen-bond acceptors (Lipinski definition) is 4. The van der Waals surface area contributed by atoms with Gasteiger partial charge in [-0.2, -0.15) is 0 Å². The zero-order chi connectivity index (χ0) is 23.7. The summed E-state index contributed by atoms with van der Waals surface area (Å²) in [6.45, 7) is 5.41. The molecule has 2 aromatic heterocycles. The Balaban J connectivity index is 1.24. The smallest absolute Gasteiger partial charge is 0.275 e. The third-order valence-corrected chi connectivity index (χ3v) is 7.11. The molecule has 3 heterocycles. The van der Waals surface area contributed by atoms with Crippen molar-refractivity contribution >= 4 is 23.1 Å². The van der Waals surface area contributed by atoms with Crippen LogP contribution >= 0.6 is 0 Å². The summed E-state index contributed by atoms with van der Waals surface area (Å²) >= 11 is 0. The van der Waals surface area contributed by atoms with Gasteiger partial charge in [0.05, 0.1) is 0 Å². The number of amides is 2. The fraction of sp³-hybridized carbons (Fsp3) is 0.423. The van der Waals surface area contributed by atoms with Crippen LogP contribution in [0.3, 0.4) is 0 Å². The van der Waals surface area contributed by atoms with Crippen molar-refractivity contribution in [3.05, 3.63) is 65.4 Å². The molecule has 8 heteroatoms. The van der Waals surface area contributed by atoms with E-state index < -0.39 is 0 Å². The van der Waals surface area contributed by atoms with Gasteiger partial charge in [-0.15, -0.1) is 0 Å². The molecule has 0 unspecified atom stereocenters. The summed E-state index contributed by atoms with van der Waals surface area (Å²) in [5.74, 6) is -0.254. The highest BCUT2D eigenvalue weighted by Gasteiger charge is 2.29. The molecular weight excluding hydrogens is 433 g/mol. The second-order valence-electron chi connectivity index (χ2n) is 9.37. The third-order valence-electron chi connectivity index (χ3n) is 7.11. The summed E-state index contributed by atoms with van der Waals surface area (Å²) in [5.41, 5.74) is 3.07. The normalized spacial score (nSPS) is 17.4. The molecule has 178 valence electrons. The van der Waals surface area contributed by atoms with Crippen molar-refractivity contribution in [2.24, 2.45) is 5.92 Å². The van der Waals surface area contributed by atoms with E-state index in [1.54, 1.807) is 10.6 Å². The molecule has 0 radical (unpaired) electrons. The highest BCUT2D eigenvalue weighted by Crippen LogP contribution is 2.28. The Morgan fingerprint density at radius 1 is 1.12 bits per heavy atom. The predicted molar refractivity (Wildman–Crippen MR) is 128 cm³/mol. The molecule has 0 spiro atoms. The van der Waals surface area contributed by atoms with Crippen molar-refractivity contribution in [1.29, 1.82) is 0 Å². The highest BCUT2D eigenvalue weighted by atomic mass is 19.1. The number of carbonyl (C=O) groups excluding carboxylic acids is 2. The molecule has 1 saturated carbocycles. The summed E-state index contributed by atoms with van der Waals surface area (Å²) in [6, 6.07) is 8.43. The maximum absolute atomic E-state index is 14.5. The number of nitrogens with one attached hydrogen (secondary N) is 1. The van der Waals surface area contributed by atoms with E-state index >= 15 is 0 Å². The molecule has 1 aliphatic heterocycles. The number of fused-ring (bicyclic) bond motifs is 1. The first-order valence-electron chi connectivity index (χ1n) is 12.0. The van der Waals surface area contributed by atoms with Gasteiger partial charge in [0, 0.05) is 56.7 Å². The van der Waals surface area contributed by atoms with E-state index in [-0.39, 0.29) is 23.3 Å². The Hall–Kier alpha value is -3.26. The number of nitrogens with zero attached hydrogens (tertiary/aromatic N) is 4. The standard InChI is InChI=1S/C26H30FN5O2/c1-18-20(16-30-10-12-31(13-11-30)26(34)19-6-2-3-7-19)14-21(27)15-22(18)29-25(33)23-17-32-9-5-4-8-24(32)28-23/h4-5,8-9,14-15,17,19H,2-3,6-7,10-13,16H2,1H3,(H,29,33). The van der Waals surface area contributed by atoms with E-state index in [0.717, 1.165) is 49.9 Å². The molecular formula is C26H30FN5O2. The van der Waals surface area contributed by atoms with E-state index in [9.17, 15) is 14.0 Å². The van der Waals surface area contributed by atoms with Gasteiger partial charge in [0.2, 0.25) is 5.91 Å². The van der Waals surface area contributed by atoms with Crippen LogP contribution in [0.1, 0.15) is 47.3 Å². The lowest BCUT2D eigenvalue weighted by Crippen LogP contribution is -2.49. The number of imidazole rings is 1. The molecule has 2 amide bonds. The molecule has 2 fully saturated rings. The van der Waals surface area contributed by atoms with Crippen LogP contribution in [0.2, 0.25) is 0 Å². The summed E-state index contributed by atoms with van der Waals surface area (Å²) in [7, 11) is 0. The number of pyridine rings is 1. The molecule has 5 rings (SSSR count). The van der Waals surface area contributed by atoms with Crippen molar-refractivity contribution in [1.82, 2.24) is 19.2 Å². The number of hydrogen-bond donors (Lipinski definition) is 1. The fourth-order valence-electron chi connectivity index (χ4n) is 5.06. The van der Waals surface area contributed by atoms with E-state index in [0.29, 0.717) is 36.9 Å². The molecule has 7 nitrogen and oxygen atoms in total. The van der Waals surface area contributed by atoms with E-state index in [2.05, 4.69) is 15.2 Å². The van der Waals surface area contributed by atoms with E-state index in [1.165, 1.54) is 12.1 Å². The van der Waals surface area contributed by atoms with Gasteiger partial charge >= 0.3 is 0 Å². The summed E-state index contributed by atoms with van der Waals surface area (Å²) < 4.78 is 16.3. The molecule has 1 saturated heterocycles. The van der Waals surface area contributed by atoms with Crippen molar-refractivity contribution in [2.45, 2.75) is 39.2 Å². The lowest BCUT2D eigenvalue weighted by atomic mass is 10.0. The van der Waals surface area contributed by atoms with Crippen molar-refractivity contribution in [3.8, 4) is 0 Å². The van der Waals surface area contributed by atoms with Gasteiger partial charge < -0.3 is 14.6 Å². The monoisotopic (exact) mass is 463 g/mol. The van der Waals surface area contributed by atoms with E-state index in [1.807, 2.05) is 36.2 Å². The Kier molecular flexibility index (Phi) is 6.32. The Morgan fingerprint density at radius 2 is 1.88 bits per heavy atom. The maximum Gasteiger partial charge on any atom is 0.275 e. The molecule has 0 bridgehead atoms. The second-order valence-corrected chi connectivity index (χ2v) is 9.37. The first kappa shape index (κ1) is 22.5. The second kappa shape index (κ2) is 9.54. The SMILES string of the molecule is Cc1c(CN2CCN(C(=O)C3CCCC3)CC2)cc(F)cc1NC(=O)c1cn2ccccc2n1. The minimum absolute atomic E-state index is 0.205. The summed E-state index contributed by atoms with van der Waals surface area (Å²) in [4.78, 5) is 34.1. The van der Waals surface area contributed by atoms with Crippen LogP contribution in [0.25, 0.3) is 5.65 Å². The summed E-state index contributed by atoms with van der Waals surface area (Å²) in [5, 5.41) is 2.83. The van der Waals surface area contributed by atoms with E-state index in [4.69, 9.17) is 0 Å². The minimum Gasteiger partial charge on any atom is -0.340 e. The van der Waals surface area contributed by atoms with Gasteiger partial charge in [0.1, 0.15) is 17.2 Å². The Bertz CT molecular complexity index is 1180. The van der Waals surface area contributed by atoms with Gasteiger partial charge in [-0.05, 0) is 55.2 Å². The number of aromatic nitrogens is 2. The molecule has 1 N–H and O–H groups in total. The van der Waals surface area contributed by atoms with Crippen molar-refractivity contribution < 1.29 is 14.0 Å².